The fourth-order valence-corrected chi connectivity index (χ4v) is 3.35. The number of nitrogens with two attached hydrogens (primary N) is 1. The number of imidazole rings is 1. The summed E-state index contributed by atoms with van der Waals surface area (Å²) in [5, 5.41) is 2.77. The predicted molar refractivity (Wildman–Crippen MR) is 102 cm³/mol. The van der Waals surface area contributed by atoms with E-state index in [2.05, 4.69) is 30.2 Å². The molecule has 140 valence electrons. The SMILES string of the molecule is Cc1cn2cc(NC(=O)c3cnc(N4CCC(CN)C4)cn3)nc(C)c2n1. The maximum absolute atomic E-state index is 12.5. The number of carbonyl (C=O) groups excluding carboxylic acids is 1. The third-order valence-electron chi connectivity index (χ3n) is 4.78. The van der Waals surface area contributed by atoms with Crippen molar-refractivity contribution in [3.05, 3.63) is 41.9 Å². The Morgan fingerprint density at radius 1 is 1.26 bits per heavy atom. The van der Waals surface area contributed by atoms with Crippen molar-refractivity contribution in [3.63, 3.8) is 0 Å². The summed E-state index contributed by atoms with van der Waals surface area (Å²) in [5.74, 6) is 1.36. The van der Waals surface area contributed by atoms with Crippen molar-refractivity contribution in [1.82, 2.24) is 24.3 Å². The second-order valence-corrected chi connectivity index (χ2v) is 6.88. The summed E-state index contributed by atoms with van der Waals surface area (Å²) in [6, 6.07) is 0. The molecule has 1 atom stereocenters. The average Bonchev–Trinajstić information content (AvgIpc) is 3.28. The molecule has 1 aliphatic rings. The van der Waals surface area contributed by atoms with Gasteiger partial charge in [-0.25, -0.2) is 19.9 Å². The van der Waals surface area contributed by atoms with E-state index in [4.69, 9.17) is 5.73 Å². The maximum atomic E-state index is 12.5. The molecule has 0 aromatic carbocycles. The summed E-state index contributed by atoms with van der Waals surface area (Å²) >= 11 is 0. The zero-order chi connectivity index (χ0) is 19.0. The molecule has 9 heteroatoms. The van der Waals surface area contributed by atoms with Crippen molar-refractivity contribution in [2.75, 3.05) is 29.9 Å². The van der Waals surface area contributed by atoms with E-state index in [1.165, 1.54) is 6.20 Å². The molecule has 0 radical (unpaired) electrons. The molecule has 1 fully saturated rings. The van der Waals surface area contributed by atoms with Gasteiger partial charge in [0.1, 0.15) is 17.3 Å². The number of nitrogens with zero attached hydrogens (tertiary/aromatic N) is 6. The molecule has 9 nitrogen and oxygen atoms in total. The van der Waals surface area contributed by atoms with Gasteiger partial charge in [-0.05, 0) is 32.7 Å². The molecule has 3 aromatic heterocycles. The third-order valence-corrected chi connectivity index (χ3v) is 4.78. The van der Waals surface area contributed by atoms with E-state index >= 15 is 0 Å². The standard InChI is InChI=1S/C18H22N8O/c1-11-8-26-10-15(23-12(2)17(26)22-11)24-18(27)14-6-21-16(7-20-14)25-4-3-13(5-19)9-25/h6-8,10,13H,3-5,9,19H2,1-2H3,(H,24,27). The van der Waals surface area contributed by atoms with Gasteiger partial charge in [-0.15, -0.1) is 0 Å². The van der Waals surface area contributed by atoms with E-state index in [0.717, 1.165) is 42.4 Å². The zero-order valence-electron chi connectivity index (χ0n) is 15.4. The summed E-state index contributed by atoms with van der Waals surface area (Å²) in [7, 11) is 0. The number of aryl methyl sites for hydroxylation is 2. The first-order valence-corrected chi connectivity index (χ1v) is 8.95. The van der Waals surface area contributed by atoms with Gasteiger partial charge in [0.2, 0.25) is 0 Å². The van der Waals surface area contributed by atoms with Crippen LogP contribution in [-0.4, -0.2) is 49.9 Å². The minimum Gasteiger partial charge on any atom is -0.355 e. The van der Waals surface area contributed by atoms with Gasteiger partial charge in [0.25, 0.3) is 5.91 Å². The first-order valence-electron chi connectivity index (χ1n) is 8.95. The van der Waals surface area contributed by atoms with E-state index in [0.29, 0.717) is 18.3 Å². The lowest BCUT2D eigenvalue weighted by atomic mass is 10.1. The minimum atomic E-state index is -0.349. The van der Waals surface area contributed by atoms with Crippen molar-refractivity contribution in [1.29, 1.82) is 0 Å². The minimum absolute atomic E-state index is 0.245. The van der Waals surface area contributed by atoms with E-state index in [-0.39, 0.29) is 11.6 Å². The van der Waals surface area contributed by atoms with Crippen LogP contribution in [0.3, 0.4) is 0 Å². The first-order chi connectivity index (χ1) is 13.0. The topological polar surface area (TPSA) is 114 Å². The van der Waals surface area contributed by atoms with Crippen LogP contribution >= 0.6 is 0 Å². The number of rotatable bonds is 4. The molecule has 3 N–H and O–H groups in total. The normalized spacial score (nSPS) is 16.9. The number of hydrogen-bond donors (Lipinski definition) is 2. The number of aromatic nitrogens is 5. The van der Waals surface area contributed by atoms with Crippen LogP contribution in [0.5, 0.6) is 0 Å². The number of fused-ring (bicyclic) bond motifs is 1. The lowest BCUT2D eigenvalue weighted by molar-refractivity contribution is 0.102. The van der Waals surface area contributed by atoms with Gasteiger partial charge in [-0.2, -0.15) is 0 Å². The Morgan fingerprint density at radius 2 is 2.11 bits per heavy atom. The molecule has 4 heterocycles. The molecule has 0 saturated carbocycles. The number of carbonyl (C=O) groups is 1. The van der Waals surface area contributed by atoms with Crippen molar-refractivity contribution in [2.45, 2.75) is 20.3 Å². The molecule has 27 heavy (non-hydrogen) atoms. The van der Waals surface area contributed by atoms with Gasteiger partial charge in [-0.1, -0.05) is 0 Å². The first kappa shape index (κ1) is 17.3. The number of anilines is 2. The van der Waals surface area contributed by atoms with E-state index in [1.54, 1.807) is 12.4 Å². The second-order valence-electron chi connectivity index (χ2n) is 6.88. The van der Waals surface area contributed by atoms with Crippen molar-refractivity contribution in [3.8, 4) is 0 Å². The second kappa shape index (κ2) is 6.92. The van der Waals surface area contributed by atoms with E-state index in [9.17, 15) is 4.79 Å². The van der Waals surface area contributed by atoms with Gasteiger partial charge in [0, 0.05) is 19.3 Å². The van der Waals surface area contributed by atoms with Gasteiger partial charge in [-0.3, -0.25) is 4.79 Å². The number of amides is 1. The van der Waals surface area contributed by atoms with Gasteiger partial charge >= 0.3 is 0 Å². The fraction of sp³-hybridized carbons (Fsp3) is 0.389. The lowest BCUT2D eigenvalue weighted by Crippen LogP contribution is -2.24. The summed E-state index contributed by atoms with van der Waals surface area (Å²) in [5.41, 5.74) is 8.38. The highest BCUT2D eigenvalue weighted by Crippen LogP contribution is 2.20. The highest BCUT2D eigenvalue weighted by molar-refractivity contribution is 6.02. The smallest absolute Gasteiger partial charge is 0.277 e. The Kier molecular flexibility index (Phi) is 4.44. The van der Waals surface area contributed by atoms with Crippen LogP contribution in [0.2, 0.25) is 0 Å². The van der Waals surface area contributed by atoms with Gasteiger partial charge in [0.05, 0.1) is 30.0 Å². The van der Waals surface area contributed by atoms with Crippen molar-refractivity contribution in [2.24, 2.45) is 11.7 Å². The van der Waals surface area contributed by atoms with Crippen LogP contribution in [0.4, 0.5) is 11.6 Å². The molecule has 4 rings (SSSR count). The quantitative estimate of drug-likeness (QED) is 0.712. The fourth-order valence-electron chi connectivity index (χ4n) is 3.35. The highest BCUT2D eigenvalue weighted by Gasteiger charge is 2.22. The highest BCUT2D eigenvalue weighted by atomic mass is 16.1. The third kappa shape index (κ3) is 3.45. The van der Waals surface area contributed by atoms with Crippen LogP contribution < -0.4 is 16.0 Å². The maximum Gasteiger partial charge on any atom is 0.277 e. The lowest BCUT2D eigenvalue weighted by Gasteiger charge is -2.16. The molecule has 1 unspecified atom stereocenters. The Morgan fingerprint density at radius 3 is 2.81 bits per heavy atom. The van der Waals surface area contributed by atoms with Crippen molar-refractivity contribution >= 4 is 23.2 Å². The summed E-state index contributed by atoms with van der Waals surface area (Å²) in [4.78, 5) is 32.1. The largest absolute Gasteiger partial charge is 0.355 e. The van der Waals surface area contributed by atoms with Crippen LogP contribution in [0, 0.1) is 19.8 Å². The number of hydrogen-bond acceptors (Lipinski definition) is 7. The summed E-state index contributed by atoms with van der Waals surface area (Å²) < 4.78 is 1.85. The van der Waals surface area contributed by atoms with Crippen LogP contribution in [0.25, 0.3) is 5.65 Å². The summed E-state index contributed by atoms with van der Waals surface area (Å²) in [6.45, 7) is 6.24. The Bertz CT molecular complexity index is 981. The van der Waals surface area contributed by atoms with Gasteiger partial charge < -0.3 is 20.4 Å². The van der Waals surface area contributed by atoms with E-state index in [1.807, 2.05) is 24.4 Å². The molecule has 1 aliphatic heterocycles. The molecule has 0 bridgehead atoms. The zero-order valence-corrected chi connectivity index (χ0v) is 15.4. The van der Waals surface area contributed by atoms with Gasteiger partial charge in [0.15, 0.2) is 5.65 Å². The monoisotopic (exact) mass is 366 g/mol. The molecule has 3 aromatic rings. The van der Waals surface area contributed by atoms with Crippen LogP contribution in [0.1, 0.15) is 28.3 Å². The Labute approximate surface area is 156 Å². The Hall–Kier alpha value is -3.07. The molecular formula is C18H22N8O. The molecule has 0 aliphatic carbocycles. The van der Waals surface area contributed by atoms with E-state index < -0.39 is 0 Å². The van der Waals surface area contributed by atoms with Crippen LogP contribution in [-0.2, 0) is 0 Å². The summed E-state index contributed by atoms with van der Waals surface area (Å²) in [6.07, 6.45) is 7.81. The molecule has 0 spiro atoms. The molecular weight excluding hydrogens is 344 g/mol. The van der Waals surface area contributed by atoms with Crippen LogP contribution in [0.15, 0.2) is 24.8 Å². The molecule has 1 amide bonds. The predicted octanol–water partition coefficient (Wildman–Crippen LogP) is 1.17. The molecule has 1 saturated heterocycles. The van der Waals surface area contributed by atoms with Crippen molar-refractivity contribution < 1.29 is 4.79 Å². The average molecular weight is 366 g/mol. The Balaban J connectivity index is 1.48. The number of nitrogens with one attached hydrogen (secondary N) is 1.